The van der Waals surface area contributed by atoms with E-state index >= 15 is 0 Å². The number of likely N-dealkylation sites (tertiary alicyclic amines) is 1. The molecule has 8 heteroatoms. The minimum atomic E-state index is -0.405. The van der Waals surface area contributed by atoms with Crippen molar-refractivity contribution in [2.45, 2.75) is 60.0 Å². The molecule has 168 valence electrons. The maximum atomic E-state index is 13.3. The van der Waals surface area contributed by atoms with Crippen molar-refractivity contribution in [1.29, 1.82) is 0 Å². The molecule has 1 aliphatic heterocycles. The van der Waals surface area contributed by atoms with Crippen LogP contribution < -0.4 is 0 Å². The lowest BCUT2D eigenvalue weighted by atomic mass is 9.90. The van der Waals surface area contributed by atoms with Crippen molar-refractivity contribution in [3.8, 4) is 11.5 Å². The Morgan fingerprint density at radius 1 is 1.19 bits per heavy atom. The van der Waals surface area contributed by atoms with Crippen molar-refractivity contribution >= 4 is 23.4 Å². The summed E-state index contributed by atoms with van der Waals surface area (Å²) >= 11 is 6.22. The van der Waals surface area contributed by atoms with Gasteiger partial charge in [-0.15, -0.1) is 10.2 Å². The summed E-state index contributed by atoms with van der Waals surface area (Å²) in [5.41, 5.74) is 0.263. The number of benzene rings is 1. The Kier molecular flexibility index (Phi) is 7.04. The Labute approximate surface area is 188 Å². The van der Waals surface area contributed by atoms with Gasteiger partial charge in [0.25, 0.3) is 0 Å². The molecule has 3 rings (SSSR count). The second kappa shape index (κ2) is 9.39. The van der Waals surface area contributed by atoms with Crippen LogP contribution in [0.5, 0.6) is 0 Å². The molecule has 0 radical (unpaired) electrons. The first-order valence-corrected chi connectivity index (χ1v) is 11.1. The van der Waals surface area contributed by atoms with E-state index in [1.807, 2.05) is 57.7 Å². The molecule has 31 heavy (non-hydrogen) atoms. The fourth-order valence-corrected chi connectivity index (χ4v) is 3.98. The zero-order chi connectivity index (χ0) is 22.8. The van der Waals surface area contributed by atoms with Gasteiger partial charge in [-0.05, 0) is 38.8 Å². The number of halogens is 1. The van der Waals surface area contributed by atoms with E-state index in [1.54, 1.807) is 11.0 Å². The predicted octanol–water partition coefficient (Wildman–Crippen LogP) is 4.41. The normalized spacial score (nSPS) is 15.4. The van der Waals surface area contributed by atoms with Crippen LogP contribution in [-0.2, 0) is 16.1 Å². The first-order valence-electron chi connectivity index (χ1n) is 10.7. The summed E-state index contributed by atoms with van der Waals surface area (Å²) in [5.74, 6) is 0.799. The number of rotatable bonds is 5. The summed E-state index contributed by atoms with van der Waals surface area (Å²) in [6.45, 7) is 11.2. The molecule has 0 spiro atoms. The maximum absolute atomic E-state index is 13.3. The number of hydrogen-bond donors (Lipinski definition) is 0. The quantitative estimate of drug-likeness (QED) is 0.679. The fourth-order valence-electron chi connectivity index (χ4n) is 3.76. The molecule has 1 fully saturated rings. The molecule has 1 aromatic carbocycles. The molecule has 0 N–H and O–H groups in total. The minimum Gasteiger partial charge on any atom is -0.419 e. The summed E-state index contributed by atoms with van der Waals surface area (Å²) in [5, 5.41) is 8.76. The highest BCUT2D eigenvalue weighted by Crippen LogP contribution is 2.28. The lowest BCUT2D eigenvalue weighted by Crippen LogP contribution is -2.48. The number of hydrogen-bond acceptors (Lipinski definition) is 5. The Balaban J connectivity index is 1.66. The van der Waals surface area contributed by atoms with Crippen LogP contribution in [0.25, 0.3) is 11.5 Å². The van der Waals surface area contributed by atoms with Gasteiger partial charge >= 0.3 is 0 Å². The molecule has 7 nitrogen and oxygen atoms in total. The van der Waals surface area contributed by atoms with Crippen molar-refractivity contribution in [3.63, 3.8) is 0 Å². The van der Waals surface area contributed by atoms with E-state index in [0.29, 0.717) is 48.3 Å². The fraction of sp³-hybridized carbons (Fsp3) is 0.565. The van der Waals surface area contributed by atoms with Crippen molar-refractivity contribution < 1.29 is 14.0 Å². The molecule has 1 aromatic heterocycles. The first kappa shape index (κ1) is 23.3. The number of aromatic nitrogens is 2. The average Bonchev–Trinajstić information content (AvgIpc) is 3.19. The standard InChI is InChI=1S/C23H31ClN4O3/c1-15(2)28(14-19-25-26-20(31-19)17-8-6-7-9-18(17)24)21(29)16-10-12-27(13-11-16)22(30)23(3,4)5/h6-9,15-16H,10-14H2,1-5H3. The lowest BCUT2D eigenvalue weighted by molar-refractivity contribution is -0.146. The van der Waals surface area contributed by atoms with Crippen LogP contribution in [0.1, 0.15) is 53.4 Å². The molecule has 2 heterocycles. The molecular formula is C23H31ClN4O3. The number of carbonyl (C=O) groups is 2. The third-order valence-electron chi connectivity index (χ3n) is 5.56. The van der Waals surface area contributed by atoms with Crippen molar-refractivity contribution in [2.24, 2.45) is 11.3 Å². The number of amides is 2. The largest absolute Gasteiger partial charge is 0.419 e. The van der Waals surface area contributed by atoms with E-state index in [0.717, 1.165) is 0 Å². The van der Waals surface area contributed by atoms with Gasteiger partial charge < -0.3 is 14.2 Å². The second-order valence-electron chi connectivity index (χ2n) is 9.36. The van der Waals surface area contributed by atoms with Crippen LogP contribution in [0.2, 0.25) is 5.02 Å². The van der Waals surface area contributed by atoms with Gasteiger partial charge in [0.15, 0.2) is 0 Å². The highest BCUT2D eigenvalue weighted by Gasteiger charge is 2.34. The first-order chi connectivity index (χ1) is 14.6. The van der Waals surface area contributed by atoms with Crippen molar-refractivity contribution in [1.82, 2.24) is 20.0 Å². The smallest absolute Gasteiger partial charge is 0.249 e. The summed E-state index contributed by atoms with van der Waals surface area (Å²) in [6, 6.07) is 7.26. The van der Waals surface area contributed by atoms with Crippen LogP contribution in [0.3, 0.4) is 0 Å². The van der Waals surface area contributed by atoms with Gasteiger partial charge in [0.1, 0.15) is 0 Å². The zero-order valence-electron chi connectivity index (χ0n) is 18.9. The van der Waals surface area contributed by atoms with Crippen LogP contribution in [0.4, 0.5) is 0 Å². The summed E-state index contributed by atoms with van der Waals surface area (Å²) in [4.78, 5) is 29.4. The molecule has 2 aromatic rings. The van der Waals surface area contributed by atoms with Gasteiger partial charge in [-0.2, -0.15) is 0 Å². The molecule has 0 bridgehead atoms. The monoisotopic (exact) mass is 446 g/mol. The third kappa shape index (κ3) is 5.45. The molecule has 0 saturated carbocycles. The van der Waals surface area contributed by atoms with E-state index in [2.05, 4.69) is 10.2 Å². The van der Waals surface area contributed by atoms with E-state index in [-0.39, 0.29) is 30.3 Å². The number of carbonyl (C=O) groups excluding carboxylic acids is 2. The van der Waals surface area contributed by atoms with Crippen LogP contribution >= 0.6 is 11.6 Å². The van der Waals surface area contributed by atoms with Crippen LogP contribution in [-0.4, -0.2) is 50.9 Å². The van der Waals surface area contributed by atoms with Crippen LogP contribution in [0.15, 0.2) is 28.7 Å². The van der Waals surface area contributed by atoms with Gasteiger partial charge in [-0.3, -0.25) is 9.59 Å². The van der Waals surface area contributed by atoms with Gasteiger partial charge in [-0.25, -0.2) is 0 Å². The van der Waals surface area contributed by atoms with Crippen molar-refractivity contribution in [2.75, 3.05) is 13.1 Å². The Morgan fingerprint density at radius 3 is 2.42 bits per heavy atom. The Morgan fingerprint density at radius 2 is 1.84 bits per heavy atom. The van der Waals surface area contributed by atoms with Gasteiger partial charge in [0.05, 0.1) is 17.1 Å². The molecule has 1 aliphatic rings. The zero-order valence-corrected chi connectivity index (χ0v) is 19.6. The van der Waals surface area contributed by atoms with E-state index < -0.39 is 5.41 Å². The van der Waals surface area contributed by atoms with Crippen molar-refractivity contribution in [3.05, 3.63) is 35.2 Å². The van der Waals surface area contributed by atoms with Gasteiger partial charge in [0.2, 0.25) is 23.6 Å². The summed E-state index contributed by atoms with van der Waals surface area (Å²) < 4.78 is 5.80. The highest BCUT2D eigenvalue weighted by atomic mass is 35.5. The molecule has 0 unspecified atom stereocenters. The predicted molar refractivity (Wildman–Crippen MR) is 119 cm³/mol. The Bertz CT molecular complexity index is 927. The SMILES string of the molecule is CC(C)N(Cc1nnc(-c2ccccc2Cl)o1)C(=O)C1CCN(C(=O)C(C)(C)C)CC1. The highest BCUT2D eigenvalue weighted by molar-refractivity contribution is 6.33. The Hall–Kier alpha value is -2.41. The molecule has 0 atom stereocenters. The summed E-state index contributed by atoms with van der Waals surface area (Å²) in [7, 11) is 0. The van der Waals surface area contributed by atoms with E-state index in [1.165, 1.54) is 0 Å². The van der Waals surface area contributed by atoms with Gasteiger partial charge in [-0.1, -0.05) is 44.5 Å². The topological polar surface area (TPSA) is 79.5 Å². The second-order valence-corrected chi connectivity index (χ2v) is 9.76. The van der Waals surface area contributed by atoms with E-state index in [9.17, 15) is 9.59 Å². The summed E-state index contributed by atoms with van der Waals surface area (Å²) in [6.07, 6.45) is 1.33. The van der Waals surface area contributed by atoms with Crippen LogP contribution in [0, 0.1) is 11.3 Å². The third-order valence-corrected chi connectivity index (χ3v) is 5.89. The lowest BCUT2D eigenvalue weighted by Gasteiger charge is -2.37. The minimum absolute atomic E-state index is 0.0163. The molecule has 2 amide bonds. The molecular weight excluding hydrogens is 416 g/mol. The maximum Gasteiger partial charge on any atom is 0.249 e. The molecule has 0 aliphatic carbocycles. The van der Waals surface area contributed by atoms with E-state index in [4.69, 9.17) is 16.0 Å². The number of nitrogens with zero attached hydrogens (tertiary/aromatic N) is 4. The number of piperidine rings is 1. The average molecular weight is 447 g/mol. The molecule has 1 saturated heterocycles. The van der Waals surface area contributed by atoms with Gasteiger partial charge in [0, 0.05) is 30.5 Å².